The van der Waals surface area contributed by atoms with Gasteiger partial charge in [-0.05, 0) is 45.0 Å². The molecule has 40 heavy (non-hydrogen) atoms. The van der Waals surface area contributed by atoms with E-state index >= 15 is 0 Å². The summed E-state index contributed by atoms with van der Waals surface area (Å²) in [4.78, 5) is 28.8. The van der Waals surface area contributed by atoms with Crippen molar-refractivity contribution in [2.45, 2.75) is 39.2 Å². The standard InChI is InChI=1S/C25H26N4O3S.C2HF3O2/c1-4-31-24(30)19-11-9-18(10-12-19)21-15-29-25(26-21)33-23(27-29)20-7-5-6-8-22(20)28-13-16(2)32-17(3)14-28;3-2(4,5)1(6)7/h5-12,15-17H,4,13-14H2,1-3H3;(H,6,7)/t16-,17+;. The van der Waals surface area contributed by atoms with Gasteiger partial charge in [-0.1, -0.05) is 35.6 Å². The van der Waals surface area contributed by atoms with Crippen LogP contribution < -0.4 is 4.90 Å². The number of aromatic nitrogens is 3. The van der Waals surface area contributed by atoms with E-state index in [2.05, 4.69) is 36.9 Å². The molecule has 9 nitrogen and oxygen atoms in total. The second-order valence-corrected chi connectivity index (χ2v) is 10.00. The number of nitrogens with zero attached hydrogens (tertiary/aromatic N) is 4. The number of benzene rings is 2. The first-order valence-corrected chi connectivity index (χ1v) is 13.2. The topological polar surface area (TPSA) is 106 Å². The highest BCUT2D eigenvalue weighted by Gasteiger charge is 2.38. The Morgan fingerprint density at radius 2 is 1.73 bits per heavy atom. The predicted octanol–water partition coefficient (Wildman–Crippen LogP) is 5.55. The lowest BCUT2D eigenvalue weighted by molar-refractivity contribution is -0.192. The number of carbonyl (C=O) groups is 2. The van der Waals surface area contributed by atoms with Crippen molar-refractivity contribution in [1.82, 2.24) is 14.6 Å². The van der Waals surface area contributed by atoms with E-state index in [1.807, 2.05) is 28.9 Å². The molecule has 4 aromatic rings. The van der Waals surface area contributed by atoms with E-state index in [1.54, 1.807) is 30.4 Å². The molecular formula is C27H27F3N4O5S. The van der Waals surface area contributed by atoms with Crippen molar-refractivity contribution in [3.8, 4) is 21.8 Å². The molecule has 0 unspecified atom stereocenters. The number of hydrogen-bond donors (Lipinski definition) is 1. The number of ether oxygens (including phenoxy) is 2. The first kappa shape index (κ1) is 29.0. The molecule has 3 heterocycles. The fraction of sp³-hybridized carbons (Fsp3) is 0.333. The number of carboxylic acids is 1. The molecule has 13 heteroatoms. The molecule has 0 amide bonds. The van der Waals surface area contributed by atoms with Gasteiger partial charge in [0.1, 0.15) is 5.01 Å². The summed E-state index contributed by atoms with van der Waals surface area (Å²) >= 11 is 1.57. The van der Waals surface area contributed by atoms with Crippen LogP contribution >= 0.6 is 11.3 Å². The fourth-order valence-electron chi connectivity index (χ4n) is 4.24. The van der Waals surface area contributed by atoms with Crippen LogP contribution in [0.25, 0.3) is 26.8 Å². The van der Waals surface area contributed by atoms with Crippen molar-refractivity contribution in [2.24, 2.45) is 0 Å². The minimum atomic E-state index is -5.08. The Morgan fingerprint density at radius 1 is 1.10 bits per heavy atom. The number of para-hydroxylation sites is 1. The molecule has 2 aromatic heterocycles. The predicted molar refractivity (Wildman–Crippen MR) is 144 cm³/mol. The molecule has 0 aliphatic carbocycles. The number of hydrogen-bond acceptors (Lipinski definition) is 8. The maximum atomic E-state index is 11.9. The zero-order valence-corrected chi connectivity index (χ0v) is 22.7. The van der Waals surface area contributed by atoms with Crippen LogP contribution in [0.15, 0.2) is 54.7 Å². The number of halogens is 3. The third kappa shape index (κ3) is 6.77. The van der Waals surface area contributed by atoms with E-state index in [-0.39, 0.29) is 18.2 Å². The number of imidazole rings is 1. The fourth-order valence-corrected chi connectivity index (χ4v) is 5.16. The highest BCUT2D eigenvalue weighted by atomic mass is 32.1. The summed E-state index contributed by atoms with van der Waals surface area (Å²) in [6.07, 6.45) is -2.78. The van der Waals surface area contributed by atoms with E-state index in [4.69, 9.17) is 29.5 Å². The van der Waals surface area contributed by atoms with Gasteiger partial charge in [-0.15, -0.1) is 0 Å². The van der Waals surface area contributed by atoms with Crippen LogP contribution in [0, 0.1) is 0 Å². The lowest BCUT2D eigenvalue weighted by Gasteiger charge is -2.37. The van der Waals surface area contributed by atoms with Crippen molar-refractivity contribution in [1.29, 1.82) is 0 Å². The van der Waals surface area contributed by atoms with Crippen molar-refractivity contribution >= 4 is 33.9 Å². The summed E-state index contributed by atoms with van der Waals surface area (Å²) in [5, 5.41) is 12.9. The van der Waals surface area contributed by atoms with Gasteiger partial charge in [-0.3, -0.25) is 0 Å². The Hall–Kier alpha value is -3.97. The molecule has 212 valence electrons. The number of alkyl halides is 3. The smallest absolute Gasteiger partial charge is 0.475 e. The Morgan fingerprint density at radius 3 is 2.30 bits per heavy atom. The third-order valence-electron chi connectivity index (χ3n) is 5.87. The maximum absolute atomic E-state index is 11.9. The molecule has 1 N–H and O–H groups in total. The summed E-state index contributed by atoms with van der Waals surface area (Å²) in [7, 11) is 0. The minimum Gasteiger partial charge on any atom is -0.475 e. The SMILES string of the molecule is CCOC(=O)c1ccc(-c2cn3nc(-c4ccccc4N4C[C@@H](C)O[C@@H](C)C4)sc3n2)cc1.O=C(O)C(F)(F)F. The van der Waals surface area contributed by atoms with E-state index in [0.29, 0.717) is 12.2 Å². The molecule has 1 aliphatic rings. The van der Waals surface area contributed by atoms with E-state index < -0.39 is 12.1 Å². The summed E-state index contributed by atoms with van der Waals surface area (Å²) < 4.78 is 44.5. The van der Waals surface area contributed by atoms with Gasteiger partial charge < -0.3 is 19.5 Å². The summed E-state index contributed by atoms with van der Waals surface area (Å²) in [5.41, 5.74) is 4.56. The highest BCUT2D eigenvalue weighted by molar-refractivity contribution is 7.19. The number of fused-ring (bicyclic) bond motifs is 1. The average Bonchev–Trinajstić information content (AvgIpc) is 3.48. The zero-order chi connectivity index (χ0) is 29.0. The van der Waals surface area contributed by atoms with Gasteiger partial charge in [0.25, 0.3) is 0 Å². The summed E-state index contributed by atoms with van der Waals surface area (Å²) in [5.74, 6) is -3.07. The molecule has 2 atom stereocenters. The molecular weight excluding hydrogens is 549 g/mol. The molecule has 0 saturated carbocycles. The average molecular weight is 577 g/mol. The van der Waals surface area contributed by atoms with Crippen LogP contribution in [-0.4, -0.2) is 69.7 Å². The van der Waals surface area contributed by atoms with Crippen LogP contribution in [0.1, 0.15) is 31.1 Å². The second kappa shape index (κ2) is 12.0. The van der Waals surface area contributed by atoms with Crippen molar-refractivity contribution < 1.29 is 37.3 Å². The molecule has 1 aliphatic heterocycles. The van der Waals surface area contributed by atoms with Gasteiger partial charge in [0.2, 0.25) is 4.96 Å². The van der Waals surface area contributed by atoms with Crippen molar-refractivity contribution in [3.63, 3.8) is 0 Å². The van der Waals surface area contributed by atoms with Crippen LogP contribution in [0.5, 0.6) is 0 Å². The van der Waals surface area contributed by atoms with E-state index in [0.717, 1.165) is 39.9 Å². The van der Waals surface area contributed by atoms with Gasteiger partial charge in [0.05, 0.1) is 36.3 Å². The molecule has 5 rings (SSSR count). The van der Waals surface area contributed by atoms with Crippen LogP contribution in [0.3, 0.4) is 0 Å². The van der Waals surface area contributed by atoms with Crippen LogP contribution in [0.2, 0.25) is 0 Å². The monoisotopic (exact) mass is 576 g/mol. The van der Waals surface area contributed by atoms with Gasteiger partial charge in [0.15, 0.2) is 0 Å². The van der Waals surface area contributed by atoms with Gasteiger partial charge in [0, 0.05) is 29.9 Å². The van der Waals surface area contributed by atoms with Crippen molar-refractivity contribution in [3.05, 3.63) is 60.3 Å². The molecule has 1 saturated heterocycles. The summed E-state index contributed by atoms with van der Waals surface area (Å²) in [6.45, 7) is 8.10. The number of esters is 1. The van der Waals surface area contributed by atoms with Crippen molar-refractivity contribution in [2.75, 3.05) is 24.6 Å². The maximum Gasteiger partial charge on any atom is 0.490 e. The van der Waals surface area contributed by atoms with Crippen LogP contribution in [-0.2, 0) is 14.3 Å². The lowest BCUT2D eigenvalue weighted by Crippen LogP contribution is -2.45. The van der Waals surface area contributed by atoms with E-state index in [9.17, 15) is 18.0 Å². The first-order chi connectivity index (χ1) is 19.0. The number of carboxylic acid groups (broad SMARTS) is 1. The molecule has 0 spiro atoms. The second-order valence-electron chi connectivity index (χ2n) is 9.04. The summed E-state index contributed by atoms with van der Waals surface area (Å²) in [6, 6.07) is 15.7. The molecule has 1 fully saturated rings. The number of morpholine rings is 1. The van der Waals surface area contributed by atoms with Gasteiger partial charge in [-0.2, -0.15) is 18.3 Å². The Labute approximate surface area is 231 Å². The minimum absolute atomic E-state index is 0.188. The zero-order valence-electron chi connectivity index (χ0n) is 21.9. The molecule has 0 bridgehead atoms. The Balaban J connectivity index is 0.000000470. The van der Waals surface area contributed by atoms with Gasteiger partial charge >= 0.3 is 18.1 Å². The lowest BCUT2D eigenvalue weighted by atomic mass is 10.1. The van der Waals surface area contributed by atoms with Crippen LogP contribution in [0.4, 0.5) is 18.9 Å². The molecule has 2 aromatic carbocycles. The molecule has 0 radical (unpaired) electrons. The Kier molecular flexibility index (Phi) is 8.74. The normalized spacial score (nSPS) is 17.3. The number of carbonyl (C=O) groups excluding carboxylic acids is 1. The Bertz CT molecular complexity index is 1440. The van der Waals surface area contributed by atoms with Gasteiger partial charge in [-0.25, -0.2) is 19.1 Å². The quantitative estimate of drug-likeness (QED) is 0.309. The number of rotatable bonds is 5. The number of aliphatic carboxylic acids is 1. The number of anilines is 1. The highest BCUT2D eigenvalue weighted by Crippen LogP contribution is 2.35. The first-order valence-electron chi connectivity index (χ1n) is 12.4. The van der Waals surface area contributed by atoms with E-state index in [1.165, 1.54) is 5.69 Å². The third-order valence-corrected chi connectivity index (χ3v) is 6.83. The largest absolute Gasteiger partial charge is 0.490 e.